The Balaban J connectivity index is 2.38. The number of hydrogen-bond donors (Lipinski definition) is 2. The molecule has 1 aliphatic rings. The van der Waals surface area contributed by atoms with Crippen molar-refractivity contribution in [2.75, 3.05) is 16.8 Å². The summed E-state index contributed by atoms with van der Waals surface area (Å²) in [6.07, 6.45) is 6.70. The molecule has 0 aliphatic heterocycles. The molecule has 0 aromatic heterocycles. The van der Waals surface area contributed by atoms with Gasteiger partial charge in [-0.1, -0.05) is 46.1 Å². The summed E-state index contributed by atoms with van der Waals surface area (Å²) in [6, 6.07) is 7.47. The van der Waals surface area contributed by atoms with Gasteiger partial charge in [-0.3, -0.25) is 4.79 Å². The van der Waals surface area contributed by atoms with E-state index in [9.17, 15) is 4.79 Å². The van der Waals surface area contributed by atoms with Gasteiger partial charge < -0.3 is 15.3 Å². The van der Waals surface area contributed by atoms with Crippen LogP contribution in [-0.4, -0.2) is 29.7 Å². The Kier molecular flexibility index (Phi) is 8.00. The molecule has 0 heterocycles. The van der Waals surface area contributed by atoms with Gasteiger partial charge in [-0.2, -0.15) is 0 Å². The number of nitrogens with zero attached hydrogens (tertiary/aromatic N) is 1. The maximum absolute atomic E-state index is 11.1. The Morgan fingerprint density at radius 2 is 1.81 bits per heavy atom. The third-order valence-electron chi connectivity index (χ3n) is 5.40. The molecule has 0 bridgehead atoms. The zero-order valence-electron chi connectivity index (χ0n) is 17.8. The highest BCUT2D eigenvalue weighted by molar-refractivity contribution is 5.73. The van der Waals surface area contributed by atoms with Gasteiger partial charge in [0.05, 0.1) is 17.8 Å². The topological polar surface area (TPSA) is 52.6 Å². The molecule has 0 unspecified atom stereocenters. The fourth-order valence-electron chi connectivity index (χ4n) is 4.15. The maximum atomic E-state index is 11.1. The predicted octanol–water partition coefficient (Wildman–Crippen LogP) is 5.88. The molecular formula is C23H38N2O2. The van der Waals surface area contributed by atoms with Crippen molar-refractivity contribution in [1.29, 1.82) is 0 Å². The van der Waals surface area contributed by atoms with Gasteiger partial charge in [-0.15, -0.1) is 0 Å². The summed E-state index contributed by atoms with van der Waals surface area (Å²) in [6.45, 7) is 11.9. The molecule has 4 heteroatoms. The second-order valence-electron chi connectivity index (χ2n) is 8.91. The highest BCUT2D eigenvalue weighted by Crippen LogP contribution is 2.36. The van der Waals surface area contributed by atoms with E-state index in [1.54, 1.807) is 0 Å². The van der Waals surface area contributed by atoms with Crippen molar-refractivity contribution < 1.29 is 9.90 Å². The first-order valence-electron chi connectivity index (χ1n) is 10.7. The van der Waals surface area contributed by atoms with Crippen molar-refractivity contribution in [3.8, 4) is 0 Å². The van der Waals surface area contributed by atoms with Crippen LogP contribution in [0.4, 0.5) is 11.4 Å². The standard InChI is InChI=1S/C23H38N2O2/c1-16(2)15-25(20-9-7-6-8-10-20)22-12-11-19(18(5)13-23(26)27)14-21(22)24-17(3)4/h11-12,14,16-18,20,24H,6-10,13,15H2,1-5H3,(H,26,27)/t18-/m1/s1. The average molecular weight is 375 g/mol. The summed E-state index contributed by atoms with van der Waals surface area (Å²) in [7, 11) is 0. The fourth-order valence-corrected chi connectivity index (χ4v) is 4.15. The molecule has 1 fully saturated rings. The zero-order valence-corrected chi connectivity index (χ0v) is 17.8. The number of carbonyl (C=O) groups is 1. The summed E-state index contributed by atoms with van der Waals surface area (Å²) in [4.78, 5) is 13.7. The smallest absolute Gasteiger partial charge is 0.303 e. The van der Waals surface area contributed by atoms with E-state index in [1.807, 2.05) is 6.92 Å². The monoisotopic (exact) mass is 374 g/mol. The van der Waals surface area contributed by atoms with Gasteiger partial charge in [-0.25, -0.2) is 0 Å². The van der Waals surface area contributed by atoms with E-state index in [4.69, 9.17) is 5.11 Å². The van der Waals surface area contributed by atoms with E-state index in [0.717, 1.165) is 17.8 Å². The summed E-state index contributed by atoms with van der Waals surface area (Å²) < 4.78 is 0. The molecule has 2 rings (SSSR count). The first kappa shape index (κ1) is 21.6. The third kappa shape index (κ3) is 6.44. The van der Waals surface area contributed by atoms with Crippen LogP contribution >= 0.6 is 0 Å². The van der Waals surface area contributed by atoms with Crippen molar-refractivity contribution in [3.05, 3.63) is 23.8 Å². The van der Waals surface area contributed by atoms with Crippen LogP contribution < -0.4 is 10.2 Å². The minimum atomic E-state index is -0.742. The van der Waals surface area contributed by atoms with Crippen LogP contribution in [0.2, 0.25) is 0 Å². The van der Waals surface area contributed by atoms with Crippen LogP contribution in [0.1, 0.15) is 84.6 Å². The van der Waals surface area contributed by atoms with E-state index >= 15 is 0 Å². The largest absolute Gasteiger partial charge is 0.481 e. The molecule has 152 valence electrons. The van der Waals surface area contributed by atoms with Crippen LogP contribution in [0, 0.1) is 5.92 Å². The van der Waals surface area contributed by atoms with Crippen LogP contribution in [0.5, 0.6) is 0 Å². The van der Waals surface area contributed by atoms with Crippen LogP contribution in [0.15, 0.2) is 18.2 Å². The van der Waals surface area contributed by atoms with Crippen molar-refractivity contribution in [2.45, 2.75) is 91.1 Å². The van der Waals surface area contributed by atoms with Crippen molar-refractivity contribution >= 4 is 17.3 Å². The van der Waals surface area contributed by atoms with Gasteiger partial charge in [0.25, 0.3) is 0 Å². The molecule has 1 atom stereocenters. The molecule has 1 aromatic rings. The number of nitrogens with one attached hydrogen (secondary N) is 1. The van der Waals surface area contributed by atoms with E-state index in [2.05, 4.69) is 56.1 Å². The Bertz CT molecular complexity index is 606. The number of hydrogen-bond acceptors (Lipinski definition) is 3. The number of aliphatic carboxylic acids is 1. The highest BCUT2D eigenvalue weighted by Gasteiger charge is 2.25. The first-order chi connectivity index (χ1) is 12.8. The van der Waals surface area contributed by atoms with Crippen LogP contribution in [-0.2, 0) is 4.79 Å². The number of carboxylic acid groups (broad SMARTS) is 1. The fraction of sp³-hybridized carbons (Fsp3) is 0.696. The summed E-state index contributed by atoms with van der Waals surface area (Å²) in [5.74, 6) is -0.129. The minimum Gasteiger partial charge on any atom is -0.481 e. The Hall–Kier alpha value is -1.71. The summed E-state index contributed by atoms with van der Waals surface area (Å²) >= 11 is 0. The molecule has 0 amide bonds. The molecule has 2 N–H and O–H groups in total. The third-order valence-corrected chi connectivity index (χ3v) is 5.40. The average Bonchev–Trinajstić information content (AvgIpc) is 2.59. The van der Waals surface area contributed by atoms with Crippen LogP contribution in [0.25, 0.3) is 0 Å². The molecule has 0 saturated heterocycles. The van der Waals surface area contributed by atoms with Gasteiger partial charge in [-0.05, 0) is 56.2 Å². The van der Waals surface area contributed by atoms with Crippen molar-refractivity contribution in [3.63, 3.8) is 0 Å². The lowest BCUT2D eigenvalue weighted by Gasteiger charge is -2.39. The second-order valence-corrected chi connectivity index (χ2v) is 8.91. The van der Waals surface area contributed by atoms with Gasteiger partial charge in [0, 0.05) is 18.6 Å². The van der Waals surface area contributed by atoms with E-state index in [0.29, 0.717) is 18.0 Å². The van der Waals surface area contributed by atoms with E-state index in [-0.39, 0.29) is 12.3 Å². The molecule has 1 aliphatic carbocycles. The number of anilines is 2. The van der Waals surface area contributed by atoms with Gasteiger partial charge in [0.15, 0.2) is 0 Å². The Morgan fingerprint density at radius 3 is 2.37 bits per heavy atom. The second kappa shape index (κ2) is 10.0. The number of benzene rings is 1. The SMILES string of the molecule is CC(C)CN(c1ccc([C@H](C)CC(=O)O)cc1NC(C)C)C1CCCCC1. The number of rotatable bonds is 9. The normalized spacial score (nSPS) is 16.6. The lowest BCUT2D eigenvalue weighted by molar-refractivity contribution is -0.137. The maximum Gasteiger partial charge on any atom is 0.303 e. The van der Waals surface area contributed by atoms with Gasteiger partial charge in [0.1, 0.15) is 0 Å². The van der Waals surface area contributed by atoms with Crippen molar-refractivity contribution in [2.24, 2.45) is 5.92 Å². The lowest BCUT2D eigenvalue weighted by atomic mass is 9.92. The zero-order chi connectivity index (χ0) is 20.0. The molecule has 0 spiro atoms. The molecule has 0 radical (unpaired) electrons. The lowest BCUT2D eigenvalue weighted by Crippen LogP contribution is -2.40. The molecule has 27 heavy (non-hydrogen) atoms. The highest BCUT2D eigenvalue weighted by atomic mass is 16.4. The Labute approximate surface area is 165 Å². The number of carboxylic acids is 1. The van der Waals surface area contributed by atoms with Crippen LogP contribution in [0.3, 0.4) is 0 Å². The quantitative estimate of drug-likeness (QED) is 0.567. The predicted molar refractivity (Wildman–Crippen MR) is 115 cm³/mol. The Morgan fingerprint density at radius 1 is 1.15 bits per heavy atom. The molecule has 1 saturated carbocycles. The first-order valence-corrected chi connectivity index (χ1v) is 10.7. The van der Waals surface area contributed by atoms with Gasteiger partial charge >= 0.3 is 5.97 Å². The van der Waals surface area contributed by atoms with E-state index in [1.165, 1.54) is 37.8 Å². The molecule has 4 nitrogen and oxygen atoms in total. The minimum absolute atomic E-state index is 0.0116. The van der Waals surface area contributed by atoms with Crippen molar-refractivity contribution in [1.82, 2.24) is 0 Å². The molecular weight excluding hydrogens is 336 g/mol. The van der Waals surface area contributed by atoms with E-state index < -0.39 is 5.97 Å². The summed E-state index contributed by atoms with van der Waals surface area (Å²) in [5, 5.41) is 12.8. The van der Waals surface area contributed by atoms with Gasteiger partial charge in [0.2, 0.25) is 0 Å². The summed E-state index contributed by atoms with van der Waals surface area (Å²) in [5.41, 5.74) is 3.51. The molecule has 1 aromatic carbocycles.